The van der Waals surface area contributed by atoms with Crippen LogP contribution in [0, 0.1) is 5.92 Å². The SMILES string of the molecule is CC(C)n1nc(-c2cncc(OC(F)(F)C(F)F)c2)c2c1CC(C(=O)NC1(C)CC(=S)C1)CC2. The molecule has 0 spiro atoms. The summed E-state index contributed by atoms with van der Waals surface area (Å²) in [6.07, 6.45) is -3.15. The Balaban J connectivity index is 1.60. The highest BCUT2D eigenvalue weighted by atomic mass is 32.1. The molecular weight excluding hydrogens is 472 g/mol. The second-order valence-corrected chi connectivity index (χ2v) is 10.1. The third-order valence-corrected chi connectivity index (χ3v) is 6.54. The van der Waals surface area contributed by atoms with Crippen LogP contribution in [0.2, 0.25) is 0 Å². The van der Waals surface area contributed by atoms with Gasteiger partial charge in [0.15, 0.2) is 0 Å². The Bertz CT molecular complexity index is 1110. The van der Waals surface area contributed by atoms with Crippen LogP contribution in [0.15, 0.2) is 18.5 Å². The number of amides is 1. The number of ether oxygens (including phenoxy) is 1. The summed E-state index contributed by atoms with van der Waals surface area (Å²) in [5.41, 5.74) is 2.42. The Labute approximate surface area is 200 Å². The highest BCUT2D eigenvalue weighted by Gasteiger charge is 2.44. The number of hydrogen-bond acceptors (Lipinski definition) is 5. The van der Waals surface area contributed by atoms with Crippen molar-refractivity contribution < 1.29 is 27.1 Å². The molecule has 1 unspecified atom stereocenters. The lowest BCUT2D eigenvalue weighted by Gasteiger charge is -2.41. The van der Waals surface area contributed by atoms with Gasteiger partial charge in [-0.05, 0) is 44.5 Å². The maximum atomic E-state index is 13.4. The predicted molar refractivity (Wildman–Crippen MR) is 121 cm³/mol. The van der Waals surface area contributed by atoms with Gasteiger partial charge in [-0.2, -0.15) is 22.7 Å². The number of halogens is 4. The molecule has 2 aromatic heterocycles. The highest BCUT2D eigenvalue weighted by Crippen LogP contribution is 2.37. The highest BCUT2D eigenvalue weighted by molar-refractivity contribution is 7.80. The monoisotopic (exact) mass is 498 g/mol. The number of nitrogens with zero attached hydrogens (tertiary/aromatic N) is 3. The summed E-state index contributed by atoms with van der Waals surface area (Å²) in [4.78, 5) is 17.8. The number of pyridine rings is 1. The summed E-state index contributed by atoms with van der Waals surface area (Å²) >= 11 is 5.18. The Hall–Kier alpha value is -2.56. The number of nitrogens with one attached hydrogen (secondary N) is 1. The van der Waals surface area contributed by atoms with Crippen molar-refractivity contribution in [2.45, 2.75) is 77.0 Å². The first-order chi connectivity index (χ1) is 15.9. The lowest BCUT2D eigenvalue weighted by molar-refractivity contribution is -0.253. The second-order valence-electron chi connectivity index (χ2n) is 9.57. The van der Waals surface area contributed by atoms with E-state index >= 15 is 0 Å². The molecule has 1 atom stereocenters. The molecule has 11 heteroatoms. The average Bonchev–Trinajstić information content (AvgIpc) is 3.11. The number of fused-ring (bicyclic) bond motifs is 1. The molecule has 1 amide bonds. The normalized spacial score (nSPS) is 19.7. The van der Waals surface area contributed by atoms with Gasteiger partial charge in [-0.15, -0.1) is 0 Å². The number of hydrogen-bond donors (Lipinski definition) is 1. The van der Waals surface area contributed by atoms with Crippen LogP contribution in [0.25, 0.3) is 11.3 Å². The number of aromatic nitrogens is 3. The fourth-order valence-corrected chi connectivity index (χ4v) is 5.27. The van der Waals surface area contributed by atoms with Crippen LogP contribution in [0.4, 0.5) is 17.6 Å². The van der Waals surface area contributed by atoms with E-state index in [1.807, 2.05) is 25.5 Å². The summed E-state index contributed by atoms with van der Waals surface area (Å²) in [5, 5.41) is 7.81. The van der Waals surface area contributed by atoms with E-state index in [0.29, 0.717) is 43.4 Å². The smallest absolute Gasteiger partial charge is 0.427 e. The minimum absolute atomic E-state index is 0.0126. The zero-order valence-corrected chi connectivity index (χ0v) is 19.9. The van der Waals surface area contributed by atoms with Crippen molar-refractivity contribution in [3.63, 3.8) is 0 Å². The van der Waals surface area contributed by atoms with Crippen LogP contribution >= 0.6 is 12.2 Å². The second kappa shape index (κ2) is 8.90. The number of alkyl halides is 4. The van der Waals surface area contributed by atoms with E-state index in [9.17, 15) is 22.4 Å². The minimum atomic E-state index is -4.63. The van der Waals surface area contributed by atoms with Crippen LogP contribution in [0.1, 0.15) is 57.3 Å². The van der Waals surface area contributed by atoms with Crippen molar-refractivity contribution in [1.82, 2.24) is 20.1 Å². The summed E-state index contributed by atoms with van der Waals surface area (Å²) in [7, 11) is 0. The van der Waals surface area contributed by atoms with Crippen LogP contribution in [-0.4, -0.2) is 43.6 Å². The van der Waals surface area contributed by atoms with Crippen molar-refractivity contribution in [3.8, 4) is 17.0 Å². The van der Waals surface area contributed by atoms with Crippen LogP contribution < -0.4 is 10.1 Å². The topological polar surface area (TPSA) is 69.0 Å². The Morgan fingerprint density at radius 3 is 2.65 bits per heavy atom. The summed E-state index contributed by atoms with van der Waals surface area (Å²) in [5.74, 6) is -0.714. The Kier molecular flexibility index (Phi) is 6.43. The van der Waals surface area contributed by atoms with Crippen LogP contribution in [0.3, 0.4) is 0 Å². The van der Waals surface area contributed by atoms with Crippen molar-refractivity contribution >= 4 is 23.0 Å². The quantitative estimate of drug-likeness (QED) is 0.434. The van der Waals surface area contributed by atoms with Crippen molar-refractivity contribution in [2.24, 2.45) is 5.92 Å². The van der Waals surface area contributed by atoms with E-state index in [4.69, 9.17) is 12.2 Å². The molecule has 34 heavy (non-hydrogen) atoms. The van der Waals surface area contributed by atoms with Gasteiger partial charge >= 0.3 is 12.5 Å². The molecule has 1 N–H and O–H groups in total. The molecule has 2 aliphatic carbocycles. The van der Waals surface area contributed by atoms with Gasteiger partial charge in [0, 0.05) is 59.8 Å². The van der Waals surface area contributed by atoms with Crippen molar-refractivity contribution in [2.75, 3.05) is 0 Å². The van der Waals surface area contributed by atoms with Gasteiger partial charge in [0.2, 0.25) is 5.91 Å². The maximum Gasteiger partial charge on any atom is 0.461 e. The van der Waals surface area contributed by atoms with Gasteiger partial charge in [0.05, 0.1) is 11.9 Å². The van der Waals surface area contributed by atoms with Crippen molar-refractivity contribution in [3.05, 3.63) is 29.7 Å². The largest absolute Gasteiger partial charge is 0.461 e. The lowest BCUT2D eigenvalue weighted by Crippen LogP contribution is -2.56. The van der Waals surface area contributed by atoms with Gasteiger partial charge in [-0.25, -0.2) is 0 Å². The molecule has 2 aromatic rings. The van der Waals surface area contributed by atoms with E-state index in [1.165, 1.54) is 12.3 Å². The molecule has 184 valence electrons. The summed E-state index contributed by atoms with van der Waals surface area (Å²) < 4.78 is 57.8. The maximum absolute atomic E-state index is 13.4. The van der Waals surface area contributed by atoms with Crippen molar-refractivity contribution in [1.29, 1.82) is 0 Å². The zero-order valence-electron chi connectivity index (χ0n) is 19.1. The molecule has 0 saturated heterocycles. The first-order valence-electron chi connectivity index (χ1n) is 11.1. The first kappa shape index (κ1) is 24.6. The fourth-order valence-electron chi connectivity index (χ4n) is 4.63. The third kappa shape index (κ3) is 4.80. The molecule has 0 aliphatic heterocycles. The van der Waals surface area contributed by atoms with E-state index in [2.05, 4.69) is 20.1 Å². The molecule has 4 rings (SSSR count). The Morgan fingerprint density at radius 1 is 1.32 bits per heavy atom. The van der Waals surface area contributed by atoms with Gasteiger partial charge < -0.3 is 10.1 Å². The van der Waals surface area contributed by atoms with Gasteiger partial charge in [-0.3, -0.25) is 14.5 Å². The average molecular weight is 499 g/mol. The molecule has 1 fully saturated rings. The van der Waals surface area contributed by atoms with Gasteiger partial charge in [0.1, 0.15) is 5.75 Å². The van der Waals surface area contributed by atoms with Crippen LogP contribution in [-0.2, 0) is 17.6 Å². The number of carbonyl (C=O) groups excluding carboxylic acids is 1. The molecule has 0 aromatic carbocycles. The molecule has 2 aliphatic rings. The van der Waals surface area contributed by atoms with Gasteiger partial charge in [0.25, 0.3) is 0 Å². The molecule has 0 radical (unpaired) electrons. The third-order valence-electron chi connectivity index (χ3n) is 6.26. The zero-order chi connectivity index (χ0) is 24.8. The summed E-state index contributed by atoms with van der Waals surface area (Å²) in [6, 6.07) is 1.22. The van der Waals surface area contributed by atoms with E-state index in [-0.39, 0.29) is 23.4 Å². The molecule has 1 saturated carbocycles. The molecule has 0 bridgehead atoms. The van der Waals surface area contributed by atoms with Gasteiger partial charge in [-0.1, -0.05) is 12.2 Å². The minimum Gasteiger partial charge on any atom is -0.427 e. The standard InChI is InChI=1S/C23H26F4N4O2S/c1-12(2)31-18-7-13(20(32)29-22(3)8-16(34)9-22)4-5-17(18)19(30-31)14-6-15(11-28-10-14)33-23(26,27)21(24)25/h6,10-13,21H,4-5,7-9H2,1-3H3,(H,29,32). The number of thiocarbonyl (C=S) groups is 1. The van der Waals surface area contributed by atoms with E-state index < -0.39 is 18.3 Å². The summed E-state index contributed by atoms with van der Waals surface area (Å²) in [6.45, 7) is 5.90. The number of rotatable bonds is 7. The van der Waals surface area contributed by atoms with E-state index in [1.54, 1.807) is 0 Å². The first-order valence-corrected chi connectivity index (χ1v) is 11.5. The fraction of sp³-hybridized carbons (Fsp3) is 0.565. The Morgan fingerprint density at radius 2 is 2.03 bits per heavy atom. The number of carbonyl (C=O) groups is 1. The van der Waals surface area contributed by atoms with Crippen LogP contribution in [0.5, 0.6) is 5.75 Å². The molecular formula is C23H26F4N4O2S. The molecule has 6 nitrogen and oxygen atoms in total. The molecule has 2 heterocycles. The van der Waals surface area contributed by atoms with E-state index in [0.717, 1.165) is 22.3 Å². The lowest BCUT2D eigenvalue weighted by atomic mass is 9.77. The predicted octanol–water partition coefficient (Wildman–Crippen LogP) is 4.91.